The Hall–Kier alpha value is -3.92. The fourth-order valence-corrected chi connectivity index (χ4v) is 5.61. The number of hydrogen-bond donors (Lipinski definition) is 0. The van der Waals surface area contributed by atoms with E-state index in [1.165, 1.54) is 10.9 Å². The molecule has 41 heavy (non-hydrogen) atoms. The quantitative estimate of drug-likeness (QED) is 0.157. The van der Waals surface area contributed by atoms with Crippen LogP contribution < -0.4 is 15.0 Å². The molecular formula is C31H20Br2ClN3O4. The summed E-state index contributed by atoms with van der Waals surface area (Å²) in [5.41, 5.74) is 2.32. The lowest BCUT2D eigenvalue weighted by molar-refractivity contribution is 0.304. The molecule has 0 amide bonds. The topological polar surface area (TPSA) is 78.9 Å². The number of nitrogens with zero attached hydrogens (tertiary/aromatic N) is 3. The minimum atomic E-state index is -0.354. The van der Waals surface area contributed by atoms with E-state index in [1.54, 1.807) is 43.5 Å². The lowest BCUT2D eigenvalue weighted by Crippen LogP contribution is -2.20. The van der Waals surface area contributed by atoms with Crippen LogP contribution in [0.3, 0.4) is 0 Å². The lowest BCUT2D eigenvalue weighted by atomic mass is 10.2. The highest BCUT2D eigenvalue weighted by molar-refractivity contribution is 9.10. The molecule has 0 radical (unpaired) electrons. The van der Waals surface area contributed by atoms with Crippen molar-refractivity contribution in [3.8, 4) is 23.1 Å². The molecule has 0 spiro atoms. The molecule has 0 atom stereocenters. The maximum absolute atomic E-state index is 13.7. The highest BCUT2D eigenvalue weighted by Gasteiger charge is 2.18. The normalized spacial score (nSPS) is 11.5. The number of benzene rings is 4. The van der Waals surface area contributed by atoms with Crippen LogP contribution in [0.1, 0.15) is 11.1 Å². The van der Waals surface area contributed by atoms with Crippen molar-refractivity contribution in [2.24, 2.45) is 5.10 Å². The summed E-state index contributed by atoms with van der Waals surface area (Å²) in [7, 11) is 1.59. The van der Waals surface area contributed by atoms with Crippen LogP contribution in [0.4, 0.5) is 0 Å². The van der Waals surface area contributed by atoms with E-state index in [9.17, 15) is 4.79 Å². The first-order valence-electron chi connectivity index (χ1n) is 12.4. The largest absolute Gasteiger partial charge is 0.496 e. The van der Waals surface area contributed by atoms with Crippen LogP contribution in [0.25, 0.3) is 33.5 Å². The second-order valence-electron chi connectivity index (χ2n) is 9.02. The zero-order valence-electron chi connectivity index (χ0n) is 21.5. The fourth-order valence-electron chi connectivity index (χ4n) is 4.40. The van der Waals surface area contributed by atoms with Crippen LogP contribution >= 0.6 is 43.5 Å². The lowest BCUT2D eigenvalue weighted by Gasteiger charge is -2.12. The van der Waals surface area contributed by atoms with Gasteiger partial charge in [0.1, 0.15) is 23.7 Å². The summed E-state index contributed by atoms with van der Waals surface area (Å²) < 4.78 is 20.6. The van der Waals surface area contributed by atoms with Crippen molar-refractivity contribution < 1.29 is 13.9 Å². The summed E-state index contributed by atoms with van der Waals surface area (Å²) in [5.74, 6) is 1.77. The van der Waals surface area contributed by atoms with E-state index in [1.807, 2.05) is 48.5 Å². The molecule has 0 fully saturated rings. The minimum Gasteiger partial charge on any atom is -0.496 e. The van der Waals surface area contributed by atoms with E-state index in [0.29, 0.717) is 55.4 Å². The molecule has 7 nitrogen and oxygen atoms in total. The summed E-state index contributed by atoms with van der Waals surface area (Å²) in [6.07, 6.45) is 1.53. The van der Waals surface area contributed by atoms with Gasteiger partial charge in [-0.1, -0.05) is 57.9 Å². The van der Waals surface area contributed by atoms with Gasteiger partial charge in [0.05, 0.1) is 34.1 Å². The second-order valence-corrected chi connectivity index (χ2v) is 11.2. The average molecular weight is 694 g/mol. The third-order valence-corrected chi connectivity index (χ3v) is 7.70. The van der Waals surface area contributed by atoms with Gasteiger partial charge < -0.3 is 13.9 Å². The van der Waals surface area contributed by atoms with Crippen molar-refractivity contribution in [1.82, 2.24) is 9.66 Å². The van der Waals surface area contributed by atoms with Crippen molar-refractivity contribution in [3.63, 3.8) is 0 Å². The van der Waals surface area contributed by atoms with Crippen LogP contribution in [0.2, 0.25) is 5.02 Å². The van der Waals surface area contributed by atoms with E-state index in [0.717, 1.165) is 15.4 Å². The maximum atomic E-state index is 13.7. The molecule has 0 saturated heterocycles. The fraction of sp³-hybridized carbons (Fsp3) is 0.0645. The van der Waals surface area contributed by atoms with Gasteiger partial charge >= 0.3 is 0 Å². The summed E-state index contributed by atoms with van der Waals surface area (Å²) in [6, 6.07) is 25.7. The summed E-state index contributed by atoms with van der Waals surface area (Å²) in [5, 5.41) is 6.23. The molecule has 4 aromatic carbocycles. The SMILES string of the molecule is COc1cccc2oc(-c3nc4ccccc4c(=O)n3N=Cc3cc(Cl)cc(Br)c3OCc3ccc(Br)cc3)cc12. The third kappa shape index (κ3) is 5.53. The van der Waals surface area contributed by atoms with Crippen LogP contribution in [0, 0.1) is 0 Å². The number of furan rings is 1. The molecule has 0 aliphatic rings. The molecule has 0 aliphatic carbocycles. The van der Waals surface area contributed by atoms with E-state index >= 15 is 0 Å². The Kier molecular flexibility index (Phi) is 7.66. The zero-order valence-corrected chi connectivity index (χ0v) is 25.4. The van der Waals surface area contributed by atoms with E-state index < -0.39 is 0 Å². The zero-order chi connectivity index (χ0) is 28.5. The number of methoxy groups -OCH3 is 1. The molecule has 6 aromatic rings. The Balaban J connectivity index is 1.47. The number of halogens is 3. The average Bonchev–Trinajstić information content (AvgIpc) is 3.41. The van der Waals surface area contributed by atoms with Crippen molar-refractivity contribution in [2.45, 2.75) is 6.61 Å². The Morgan fingerprint density at radius 3 is 2.61 bits per heavy atom. The molecule has 0 N–H and O–H groups in total. The van der Waals surface area contributed by atoms with Crippen molar-refractivity contribution >= 4 is 71.5 Å². The maximum Gasteiger partial charge on any atom is 0.282 e. The van der Waals surface area contributed by atoms with Gasteiger partial charge in [-0.3, -0.25) is 4.79 Å². The van der Waals surface area contributed by atoms with Gasteiger partial charge in [0.2, 0.25) is 5.82 Å². The van der Waals surface area contributed by atoms with E-state index in [2.05, 4.69) is 37.0 Å². The van der Waals surface area contributed by atoms with E-state index in [4.69, 9.17) is 30.5 Å². The van der Waals surface area contributed by atoms with Gasteiger partial charge in [-0.05, 0) is 76.1 Å². The third-order valence-electron chi connectivity index (χ3n) is 6.36. The molecule has 6 rings (SSSR count). The van der Waals surface area contributed by atoms with Crippen LogP contribution in [0.5, 0.6) is 11.5 Å². The predicted octanol–water partition coefficient (Wildman–Crippen LogP) is 8.46. The van der Waals surface area contributed by atoms with Gasteiger partial charge in [-0.15, -0.1) is 0 Å². The number of rotatable bonds is 7. The Bertz CT molecular complexity index is 2000. The molecule has 0 saturated carbocycles. The molecular weight excluding hydrogens is 674 g/mol. The van der Waals surface area contributed by atoms with Crippen molar-refractivity contribution in [1.29, 1.82) is 0 Å². The Labute approximate surface area is 256 Å². The number of fused-ring (bicyclic) bond motifs is 2. The predicted molar refractivity (Wildman–Crippen MR) is 168 cm³/mol. The monoisotopic (exact) mass is 691 g/mol. The molecule has 2 aromatic heterocycles. The summed E-state index contributed by atoms with van der Waals surface area (Å²) in [6.45, 7) is 0.317. The summed E-state index contributed by atoms with van der Waals surface area (Å²) >= 11 is 13.4. The van der Waals surface area contributed by atoms with Gasteiger partial charge in [0.25, 0.3) is 5.56 Å². The number of aromatic nitrogens is 2. The molecule has 2 heterocycles. The molecule has 0 aliphatic heterocycles. The standard InChI is InChI=1S/C31H20Br2ClN3O4/c1-39-26-7-4-8-27-23(26)15-28(41-27)30-36-25-6-3-2-5-22(25)31(38)37(30)35-16-19-13-21(34)14-24(33)29(19)40-17-18-9-11-20(32)12-10-18/h2-16H,17H2,1H3. The van der Waals surface area contributed by atoms with Crippen LogP contribution in [-0.2, 0) is 6.61 Å². The van der Waals surface area contributed by atoms with Gasteiger partial charge in [-0.2, -0.15) is 9.78 Å². The first-order valence-corrected chi connectivity index (χ1v) is 14.4. The molecule has 204 valence electrons. The van der Waals surface area contributed by atoms with E-state index in [-0.39, 0.29) is 11.4 Å². The van der Waals surface area contributed by atoms with Crippen LogP contribution in [0.15, 0.2) is 108 Å². The van der Waals surface area contributed by atoms with Crippen LogP contribution in [-0.4, -0.2) is 23.0 Å². The smallest absolute Gasteiger partial charge is 0.282 e. The number of hydrogen-bond acceptors (Lipinski definition) is 6. The second kappa shape index (κ2) is 11.5. The van der Waals surface area contributed by atoms with Crippen molar-refractivity contribution in [3.05, 3.63) is 120 Å². The molecule has 0 unspecified atom stereocenters. The first kappa shape index (κ1) is 27.3. The van der Waals surface area contributed by atoms with Gasteiger partial charge in [-0.25, -0.2) is 4.98 Å². The van der Waals surface area contributed by atoms with Gasteiger partial charge in [0, 0.05) is 15.1 Å². The summed E-state index contributed by atoms with van der Waals surface area (Å²) in [4.78, 5) is 18.5. The first-order chi connectivity index (χ1) is 19.9. The van der Waals surface area contributed by atoms with Crippen molar-refractivity contribution in [2.75, 3.05) is 7.11 Å². The minimum absolute atomic E-state index is 0.238. The van der Waals surface area contributed by atoms with Gasteiger partial charge in [0.15, 0.2) is 5.76 Å². The Morgan fingerprint density at radius 2 is 1.80 bits per heavy atom. The highest BCUT2D eigenvalue weighted by Crippen LogP contribution is 2.34. The number of ether oxygens (including phenoxy) is 2. The highest BCUT2D eigenvalue weighted by atomic mass is 79.9. The molecule has 0 bridgehead atoms. The number of para-hydroxylation sites is 1. The molecule has 10 heteroatoms. The Morgan fingerprint density at radius 1 is 1.00 bits per heavy atom.